The fourth-order valence-corrected chi connectivity index (χ4v) is 1.10. The second kappa shape index (κ2) is 4.39. The van der Waals surface area contributed by atoms with Crippen molar-refractivity contribution in [1.29, 1.82) is 0 Å². The number of aromatic nitrogens is 2. The number of aromatic carboxylic acids is 1. The number of nitrogens with zero attached hydrogens (tertiary/aromatic N) is 2. The summed E-state index contributed by atoms with van der Waals surface area (Å²) in [5.41, 5.74) is 0.833. The summed E-state index contributed by atoms with van der Waals surface area (Å²) < 4.78 is 4.95. The van der Waals surface area contributed by atoms with E-state index < -0.39 is 5.97 Å². The number of hydrogen-bond acceptors (Lipinski definition) is 4. The average Bonchev–Trinajstić information content (AvgIpc) is 2.76. The maximum Gasteiger partial charge on any atom is 0.357 e. The highest BCUT2D eigenvalue weighted by atomic mass is 16.4. The van der Waals surface area contributed by atoms with Crippen molar-refractivity contribution in [2.75, 3.05) is 0 Å². The van der Waals surface area contributed by atoms with E-state index in [-0.39, 0.29) is 11.6 Å². The van der Waals surface area contributed by atoms with E-state index in [0.29, 0.717) is 0 Å². The minimum absolute atomic E-state index is 0.102. The smallest absolute Gasteiger partial charge is 0.357 e. The summed E-state index contributed by atoms with van der Waals surface area (Å²) in [7, 11) is 0. The van der Waals surface area contributed by atoms with Crippen LogP contribution < -0.4 is 0 Å². The molecule has 2 heterocycles. The average molecular weight is 216 g/mol. The number of carbonyl (C=O) groups is 1. The van der Waals surface area contributed by atoms with Gasteiger partial charge in [-0.25, -0.2) is 9.78 Å². The molecule has 5 heteroatoms. The molecule has 0 atom stereocenters. The van der Waals surface area contributed by atoms with E-state index in [1.54, 1.807) is 24.5 Å². The van der Waals surface area contributed by atoms with E-state index in [0.717, 1.165) is 11.8 Å². The van der Waals surface area contributed by atoms with Crippen LogP contribution >= 0.6 is 0 Å². The Morgan fingerprint density at radius 1 is 1.31 bits per heavy atom. The van der Waals surface area contributed by atoms with Crippen molar-refractivity contribution >= 4 is 18.1 Å². The van der Waals surface area contributed by atoms with Gasteiger partial charge in [-0.15, -0.1) is 0 Å². The third-order valence-corrected chi connectivity index (χ3v) is 1.87. The Morgan fingerprint density at radius 3 is 2.69 bits per heavy atom. The largest absolute Gasteiger partial charge is 0.476 e. The molecule has 0 aliphatic heterocycles. The Balaban J connectivity index is 2.15. The van der Waals surface area contributed by atoms with Crippen LogP contribution in [0.4, 0.5) is 0 Å². The van der Waals surface area contributed by atoms with Crippen LogP contribution in [0.25, 0.3) is 12.2 Å². The zero-order chi connectivity index (χ0) is 11.4. The van der Waals surface area contributed by atoms with Crippen LogP contribution in [0.2, 0.25) is 0 Å². The summed E-state index contributed by atoms with van der Waals surface area (Å²) in [6, 6.07) is 3.63. The fourth-order valence-electron chi connectivity index (χ4n) is 1.10. The van der Waals surface area contributed by atoms with Gasteiger partial charge in [0.25, 0.3) is 0 Å². The monoisotopic (exact) mass is 216 g/mol. The van der Waals surface area contributed by atoms with Gasteiger partial charge in [0.05, 0.1) is 0 Å². The Morgan fingerprint density at radius 2 is 2.06 bits per heavy atom. The van der Waals surface area contributed by atoms with Crippen molar-refractivity contribution in [1.82, 2.24) is 9.97 Å². The van der Waals surface area contributed by atoms with Gasteiger partial charge in [0.15, 0.2) is 5.69 Å². The molecule has 0 saturated carbocycles. The molecule has 16 heavy (non-hydrogen) atoms. The number of carboxylic acid groups (broad SMARTS) is 1. The van der Waals surface area contributed by atoms with Crippen LogP contribution in [-0.4, -0.2) is 21.0 Å². The van der Waals surface area contributed by atoms with Crippen molar-refractivity contribution in [2.24, 2.45) is 0 Å². The molecule has 0 aliphatic rings. The minimum atomic E-state index is -1.10. The Labute approximate surface area is 91.1 Å². The first-order chi connectivity index (χ1) is 7.75. The molecule has 0 aromatic carbocycles. The molecule has 0 fully saturated rings. The summed E-state index contributed by atoms with van der Waals surface area (Å²) in [5, 5.41) is 8.63. The zero-order valence-corrected chi connectivity index (χ0v) is 8.20. The molecule has 0 saturated heterocycles. The highest BCUT2D eigenvalue weighted by Gasteiger charge is 2.07. The molecule has 0 spiro atoms. The predicted octanol–water partition coefficient (Wildman–Crippen LogP) is 1.94. The van der Waals surface area contributed by atoms with Gasteiger partial charge >= 0.3 is 5.97 Å². The van der Waals surface area contributed by atoms with Crippen LogP contribution in [0.15, 0.2) is 35.2 Å². The summed E-state index contributed by atoms with van der Waals surface area (Å²) in [4.78, 5) is 18.2. The van der Waals surface area contributed by atoms with Gasteiger partial charge in [-0.3, -0.25) is 4.98 Å². The zero-order valence-electron chi connectivity index (χ0n) is 8.20. The molecule has 0 amide bonds. The van der Waals surface area contributed by atoms with Gasteiger partial charge in [-0.2, -0.15) is 0 Å². The number of hydrogen-bond donors (Lipinski definition) is 1. The third-order valence-electron chi connectivity index (χ3n) is 1.87. The number of rotatable bonds is 3. The number of carboxylic acids is 1. The predicted molar refractivity (Wildman–Crippen MR) is 56.6 cm³/mol. The van der Waals surface area contributed by atoms with Crippen molar-refractivity contribution in [3.05, 3.63) is 47.9 Å². The molecule has 0 radical (unpaired) electrons. The van der Waals surface area contributed by atoms with Crippen molar-refractivity contribution in [2.45, 2.75) is 0 Å². The van der Waals surface area contributed by atoms with E-state index >= 15 is 0 Å². The standard InChI is InChI=1S/C11H8N2O3/c14-11(15)9-7-16-10(13-9)2-1-8-3-5-12-6-4-8/h1-7H,(H,14,15). The van der Waals surface area contributed by atoms with E-state index in [2.05, 4.69) is 9.97 Å². The molecule has 2 rings (SSSR count). The molecule has 2 aromatic rings. The summed E-state index contributed by atoms with van der Waals surface area (Å²) >= 11 is 0. The van der Waals surface area contributed by atoms with Gasteiger partial charge < -0.3 is 9.52 Å². The summed E-state index contributed by atoms with van der Waals surface area (Å²) in [6.07, 6.45) is 7.80. The van der Waals surface area contributed by atoms with Crippen LogP contribution in [0.3, 0.4) is 0 Å². The van der Waals surface area contributed by atoms with E-state index in [9.17, 15) is 4.79 Å². The minimum Gasteiger partial charge on any atom is -0.476 e. The van der Waals surface area contributed by atoms with Gasteiger partial charge in [0.2, 0.25) is 5.89 Å². The molecule has 0 unspecified atom stereocenters. The van der Waals surface area contributed by atoms with Crippen LogP contribution in [0, 0.1) is 0 Å². The van der Waals surface area contributed by atoms with E-state index in [1.165, 1.54) is 0 Å². The first-order valence-electron chi connectivity index (χ1n) is 4.52. The fraction of sp³-hybridized carbons (Fsp3) is 0. The Kier molecular flexibility index (Phi) is 2.77. The second-order valence-electron chi connectivity index (χ2n) is 2.99. The Bertz CT molecular complexity index is 517. The van der Waals surface area contributed by atoms with E-state index in [1.807, 2.05) is 12.1 Å². The molecule has 2 aromatic heterocycles. The molecular weight excluding hydrogens is 208 g/mol. The van der Waals surface area contributed by atoms with Crippen LogP contribution in [-0.2, 0) is 0 Å². The molecule has 0 aliphatic carbocycles. The van der Waals surface area contributed by atoms with Crippen molar-refractivity contribution < 1.29 is 14.3 Å². The number of pyridine rings is 1. The van der Waals surface area contributed by atoms with E-state index in [4.69, 9.17) is 9.52 Å². The van der Waals surface area contributed by atoms with Gasteiger partial charge in [-0.05, 0) is 23.8 Å². The topological polar surface area (TPSA) is 76.2 Å². The lowest BCUT2D eigenvalue weighted by atomic mass is 10.2. The lowest BCUT2D eigenvalue weighted by Gasteiger charge is -1.88. The lowest BCUT2D eigenvalue weighted by Crippen LogP contribution is -1.95. The first kappa shape index (κ1) is 10.1. The normalized spacial score (nSPS) is 10.8. The van der Waals surface area contributed by atoms with Gasteiger partial charge in [0.1, 0.15) is 6.26 Å². The highest BCUT2D eigenvalue weighted by Crippen LogP contribution is 2.07. The van der Waals surface area contributed by atoms with Crippen molar-refractivity contribution in [3.8, 4) is 0 Å². The maximum atomic E-state index is 10.5. The van der Waals surface area contributed by atoms with Gasteiger partial charge in [-0.1, -0.05) is 0 Å². The first-order valence-corrected chi connectivity index (χ1v) is 4.52. The van der Waals surface area contributed by atoms with Crippen molar-refractivity contribution in [3.63, 3.8) is 0 Å². The molecular formula is C11H8N2O3. The third kappa shape index (κ3) is 2.33. The summed E-state index contributed by atoms with van der Waals surface area (Å²) in [6.45, 7) is 0. The maximum absolute atomic E-state index is 10.5. The van der Waals surface area contributed by atoms with Crippen LogP contribution in [0.1, 0.15) is 21.9 Å². The van der Waals surface area contributed by atoms with Gasteiger partial charge in [0, 0.05) is 18.5 Å². The Hall–Kier alpha value is -2.43. The SMILES string of the molecule is O=C(O)c1coc(C=Cc2ccncc2)n1. The second-order valence-corrected chi connectivity index (χ2v) is 2.99. The molecule has 80 valence electrons. The van der Waals surface area contributed by atoms with Crippen LogP contribution in [0.5, 0.6) is 0 Å². The highest BCUT2D eigenvalue weighted by molar-refractivity contribution is 5.85. The quantitative estimate of drug-likeness (QED) is 0.848. The molecule has 0 bridgehead atoms. The lowest BCUT2D eigenvalue weighted by molar-refractivity contribution is 0.0690. The number of oxazole rings is 1. The summed E-state index contributed by atoms with van der Waals surface area (Å²) in [5.74, 6) is -0.846. The molecule has 1 N–H and O–H groups in total. The molecule has 5 nitrogen and oxygen atoms in total.